The van der Waals surface area contributed by atoms with Crippen molar-refractivity contribution in [3.05, 3.63) is 90.1 Å². The Balaban J connectivity index is 1.37. The van der Waals surface area contributed by atoms with Crippen molar-refractivity contribution in [3.8, 4) is 0 Å². The van der Waals surface area contributed by atoms with Crippen LogP contribution in [-0.2, 0) is 57.6 Å². The molecular weight excluding hydrogens is 1030 g/mol. The summed E-state index contributed by atoms with van der Waals surface area (Å²) in [5.41, 5.74) is 13.5. The number of aliphatic hydroxyl groups is 1. The maximum Gasteiger partial charge on any atom is 0.243 e. The first-order valence-electron chi connectivity index (χ1n) is 26.9. The Bertz CT molecular complexity index is 2750. The summed E-state index contributed by atoms with van der Waals surface area (Å²) >= 11 is 0. The highest BCUT2D eigenvalue weighted by Gasteiger charge is 2.36. The van der Waals surface area contributed by atoms with Crippen LogP contribution < -0.4 is 70.0 Å². The van der Waals surface area contributed by atoms with Gasteiger partial charge in [-0.1, -0.05) is 48.5 Å². The van der Waals surface area contributed by atoms with Crippen LogP contribution in [0.3, 0.4) is 0 Å². The van der Waals surface area contributed by atoms with Crippen LogP contribution in [0.1, 0.15) is 88.0 Å². The van der Waals surface area contributed by atoms with Gasteiger partial charge in [-0.2, -0.15) is 0 Å². The van der Waals surface area contributed by atoms with Gasteiger partial charge in [-0.3, -0.25) is 54.5 Å². The third-order valence-electron chi connectivity index (χ3n) is 13.5. The zero-order valence-electron chi connectivity index (χ0n) is 44.8. The number of guanidine groups is 2. The fourth-order valence-electron chi connectivity index (χ4n) is 9.18. The molecule has 20 N–H and O–H groups in total. The number of nitrogens with two attached hydrogens (primary N) is 2. The molecule has 0 radical (unpaired) electrons. The third-order valence-corrected chi connectivity index (χ3v) is 13.5. The number of imidazole rings is 1. The largest absolute Gasteiger partial charge is 0.376 e. The molecule has 0 spiro atoms. The molecule has 6 rings (SSSR count). The predicted octanol–water partition coefficient (Wildman–Crippen LogP) is -2.38. The SMILES string of the molecule is CC(=O)N[C@@H](CCCNC(=N)N)C(=O)N[C@H]1CCC(=O)NCCC[C@@H](C(=O)NC2CC2)NC(=O)[C@H](Cc2c[nH]c3ccccc23)NC(=O)[C@H](CCCNC(=N)N)NC(=O)[C@@H](Cc2ccccc2)NC(O)[C@H](Cc2c[nH]cn2)NC1=O. The van der Waals surface area contributed by atoms with Gasteiger partial charge in [0, 0.05) is 75.2 Å². The first-order valence-corrected chi connectivity index (χ1v) is 26.9. The summed E-state index contributed by atoms with van der Waals surface area (Å²) in [5, 5.41) is 58.8. The van der Waals surface area contributed by atoms with Crippen molar-refractivity contribution in [3.63, 3.8) is 0 Å². The van der Waals surface area contributed by atoms with E-state index in [0.717, 1.165) is 23.7 Å². The van der Waals surface area contributed by atoms with E-state index in [2.05, 4.69) is 73.4 Å². The van der Waals surface area contributed by atoms with E-state index >= 15 is 0 Å². The average molecular weight is 1110 g/mol. The minimum Gasteiger partial charge on any atom is -0.376 e. The van der Waals surface area contributed by atoms with Crippen molar-refractivity contribution in [2.75, 3.05) is 19.6 Å². The fourth-order valence-corrected chi connectivity index (χ4v) is 9.18. The van der Waals surface area contributed by atoms with Crippen molar-refractivity contribution in [2.24, 2.45) is 11.5 Å². The monoisotopic (exact) mass is 1110 g/mol. The molecule has 2 aliphatic rings. The maximum atomic E-state index is 14.9. The first kappa shape index (κ1) is 60.6. The standard InChI is InChI=1S/C53H76N18O9/c1-30(72)64-37(14-8-22-60-52(54)55)46(75)68-40-19-20-44(73)59-21-7-15-38(45(74)65-33-17-18-33)66-50(79)42(25-32-27-62-36-13-6-5-12-35(32)36)70-47(76)39(16-9-23-61-53(56)57)67-49(78)41(24-31-10-3-2-4-11-31)69-51(80)43(71-48(40)77)26-34-28-58-29-63-34/h2-6,10-13,27-29,33,37-43,51,62,69,80H,7-9,14-26H2,1H3,(H,58,63)(H,59,73)(H,64,72)(H,65,74)(H,66,79)(H,67,78)(H,68,75)(H,70,76)(H,71,77)(H4,54,55,60)(H4,56,57,61)/t37-,38-,39-,40-,41+,42-,43-,51?/m0/s1. The number of carbonyl (C=O) groups is 8. The van der Waals surface area contributed by atoms with Gasteiger partial charge in [0.25, 0.3) is 0 Å². The van der Waals surface area contributed by atoms with Crippen molar-refractivity contribution >= 4 is 70.1 Å². The van der Waals surface area contributed by atoms with Gasteiger partial charge in [0.15, 0.2) is 11.9 Å². The minimum atomic E-state index is -1.74. The maximum absolute atomic E-state index is 14.9. The molecule has 80 heavy (non-hydrogen) atoms. The molecule has 8 atom stereocenters. The summed E-state index contributed by atoms with van der Waals surface area (Å²) in [6.45, 7) is 1.59. The molecule has 3 heterocycles. The van der Waals surface area contributed by atoms with E-state index < -0.39 is 95.8 Å². The van der Waals surface area contributed by atoms with Gasteiger partial charge in [0.05, 0.1) is 24.1 Å². The molecule has 432 valence electrons. The molecule has 1 unspecified atom stereocenters. The van der Waals surface area contributed by atoms with Gasteiger partial charge in [-0.05, 0) is 81.4 Å². The Hall–Kier alpha value is -8.59. The number of aromatic amines is 2. The third kappa shape index (κ3) is 20.0. The lowest BCUT2D eigenvalue weighted by Crippen LogP contribution is -2.62. The Morgan fingerprint density at radius 3 is 2.15 bits per heavy atom. The number of nitrogens with zero attached hydrogens (tertiary/aromatic N) is 1. The summed E-state index contributed by atoms with van der Waals surface area (Å²) in [5.74, 6) is -5.94. The van der Waals surface area contributed by atoms with Crippen LogP contribution in [0.4, 0.5) is 0 Å². The van der Waals surface area contributed by atoms with E-state index in [1.54, 1.807) is 36.5 Å². The van der Waals surface area contributed by atoms with Gasteiger partial charge in [-0.15, -0.1) is 0 Å². The van der Waals surface area contributed by atoms with E-state index in [-0.39, 0.29) is 108 Å². The molecule has 1 aliphatic carbocycles. The lowest BCUT2D eigenvalue weighted by Gasteiger charge is -2.31. The van der Waals surface area contributed by atoms with Crippen LogP contribution in [0.5, 0.6) is 0 Å². The molecule has 1 saturated carbocycles. The number of benzene rings is 2. The number of carbonyl (C=O) groups excluding carboxylic acids is 8. The lowest BCUT2D eigenvalue weighted by molar-refractivity contribution is -0.134. The van der Waals surface area contributed by atoms with Crippen molar-refractivity contribution in [1.29, 1.82) is 10.8 Å². The van der Waals surface area contributed by atoms with E-state index in [4.69, 9.17) is 22.3 Å². The van der Waals surface area contributed by atoms with Crippen LogP contribution in [0.25, 0.3) is 10.9 Å². The highest BCUT2D eigenvalue weighted by molar-refractivity contribution is 5.96. The van der Waals surface area contributed by atoms with E-state index in [9.17, 15) is 43.5 Å². The predicted molar refractivity (Wildman–Crippen MR) is 296 cm³/mol. The van der Waals surface area contributed by atoms with E-state index in [0.29, 0.717) is 16.8 Å². The molecule has 27 heteroatoms. The summed E-state index contributed by atoms with van der Waals surface area (Å²) < 4.78 is 0. The zero-order chi connectivity index (χ0) is 57.6. The Kier molecular flexibility index (Phi) is 23.1. The van der Waals surface area contributed by atoms with Crippen LogP contribution in [-0.4, -0.2) is 153 Å². The molecule has 2 aromatic carbocycles. The smallest absolute Gasteiger partial charge is 0.243 e. The number of fused-ring (bicyclic) bond motifs is 1. The normalized spacial score (nSPS) is 22.4. The van der Waals surface area contributed by atoms with Gasteiger partial charge < -0.3 is 79.7 Å². The molecular formula is C53H76N18O9. The molecule has 0 bridgehead atoms. The van der Waals surface area contributed by atoms with Gasteiger partial charge in [0.2, 0.25) is 47.3 Å². The number of amides is 8. The van der Waals surface area contributed by atoms with Gasteiger partial charge in [0.1, 0.15) is 36.4 Å². The van der Waals surface area contributed by atoms with Crippen LogP contribution in [0.2, 0.25) is 0 Å². The summed E-state index contributed by atoms with van der Waals surface area (Å²) in [7, 11) is 0. The fraction of sp³-hybridized carbons (Fsp3) is 0.491. The Labute approximate surface area is 462 Å². The Morgan fingerprint density at radius 1 is 0.762 bits per heavy atom. The quantitative estimate of drug-likeness (QED) is 0.0265. The lowest BCUT2D eigenvalue weighted by atomic mass is 10.0. The van der Waals surface area contributed by atoms with E-state index in [1.807, 2.05) is 24.3 Å². The topological polar surface area (TPSA) is 433 Å². The number of para-hydroxylation sites is 1. The summed E-state index contributed by atoms with van der Waals surface area (Å²) in [6.07, 6.45) is 4.41. The van der Waals surface area contributed by atoms with Crippen molar-refractivity contribution in [1.82, 2.24) is 73.4 Å². The van der Waals surface area contributed by atoms with Crippen molar-refractivity contribution in [2.45, 2.75) is 145 Å². The number of aromatic nitrogens is 3. The second kappa shape index (κ2) is 30.5. The molecule has 8 amide bonds. The average Bonchev–Trinajstić information content (AvgIpc) is 3.92. The first-order chi connectivity index (χ1) is 38.4. The molecule has 1 aliphatic heterocycles. The number of nitrogens with one attached hydrogen (secondary N) is 15. The summed E-state index contributed by atoms with van der Waals surface area (Å²) in [4.78, 5) is 123. The van der Waals surface area contributed by atoms with Gasteiger partial charge >= 0.3 is 0 Å². The summed E-state index contributed by atoms with van der Waals surface area (Å²) in [6, 6.07) is 7.21. The second-order valence-corrected chi connectivity index (χ2v) is 20.1. The number of rotatable bonds is 19. The Morgan fingerprint density at radius 2 is 1.45 bits per heavy atom. The highest BCUT2D eigenvalue weighted by Crippen LogP contribution is 2.21. The zero-order valence-corrected chi connectivity index (χ0v) is 44.8. The van der Waals surface area contributed by atoms with Crippen LogP contribution in [0, 0.1) is 10.8 Å². The minimum absolute atomic E-state index is 0.0267. The number of hydrogen-bond donors (Lipinski definition) is 18. The van der Waals surface area contributed by atoms with Gasteiger partial charge in [-0.25, -0.2) is 4.98 Å². The number of aliphatic hydroxyl groups excluding tert-OH is 1. The molecule has 2 aromatic heterocycles. The molecule has 27 nitrogen and oxygen atoms in total. The molecule has 4 aromatic rings. The number of hydrogen-bond acceptors (Lipinski definition) is 13. The number of H-pyrrole nitrogens is 2. The molecule has 1 saturated heterocycles. The van der Waals surface area contributed by atoms with E-state index in [1.165, 1.54) is 19.4 Å². The van der Waals surface area contributed by atoms with Crippen molar-refractivity contribution < 1.29 is 43.5 Å². The van der Waals surface area contributed by atoms with Crippen LogP contribution in [0.15, 0.2) is 73.3 Å². The molecule has 2 fully saturated rings. The second-order valence-electron chi connectivity index (χ2n) is 20.1. The van der Waals surface area contributed by atoms with Crippen LogP contribution >= 0.6 is 0 Å². The highest BCUT2D eigenvalue weighted by atomic mass is 16.3.